The van der Waals surface area contributed by atoms with E-state index < -0.39 is 6.09 Å². The number of carbonyl (C=O) groups excluding carboxylic acids is 2. The molecule has 2 aromatic rings. The van der Waals surface area contributed by atoms with Crippen LogP contribution < -0.4 is 10.6 Å². The fourth-order valence-corrected chi connectivity index (χ4v) is 2.45. The molecule has 0 atom stereocenters. The van der Waals surface area contributed by atoms with Crippen LogP contribution in [0.25, 0.3) is 0 Å². The van der Waals surface area contributed by atoms with Crippen molar-refractivity contribution in [1.29, 1.82) is 0 Å². The van der Waals surface area contributed by atoms with Crippen LogP contribution in [-0.4, -0.2) is 18.5 Å². The zero-order chi connectivity index (χ0) is 15.4. The largest absolute Gasteiger partial charge is 0.444 e. The third kappa shape index (κ3) is 3.09. The second kappa shape index (κ2) is 6.30. The molecule has 2 N–H and O–H groups in total. The molecule has 0 unspecified atom stereocenters. The molecule has 1 aliphatic heterocycles. The van der Waals surface area contributed by atoms with Gasteiger partial charge in [-0.05, 0) is 29.7 Å². The second-order valence-electron chi connectivity index (χ2n) is 5.02. The van der Waals surface area contributed by atoms with E-state index in [9.17, 15) is 9.59 Å². The maximum absolute atomic E-state index is 11.9. The molecule has 0 saturated carbocycles. The summed E-state index contributed by atoms with van der Waals surface area (Å²) in [6.07, 6.45) is 0.166. The predicted octanol–water partition coefficient (Wildman–Crippen LogP) is 2.72. The van der Waals surface area contributed by atoms with Crippen molar-refractivity contribution in [2.75, 3.05) is 11.9 Å². The Bertz CT molecular complexity index is 698. The molecular formula is C17H16N2O3. The Kier molecular flexibility index (Phi) is 4.05. The molecule has 3 rings (SSSR count). The van der Waals surface area contributed by atoms with E-state index in [2.05, 4.69) is 10.6 Å². The van der Waals surface area contributed by atoms with Crippen LogP contribution in [0.3, 0.4) is 0 Å². The molecule has 0 spiro atoms. The van der Waals surface area contributed by atoms with Crippen LogP contribution in [0.4, 0.5) is 10.5 Å². The SMILES string of the molecule is O=C(Nc1cccc2c1CCNC2=O)OCc1ccccc1. The number of anilines is 1. The van der Waals surface area contributed by atoms with E-state index in [0.29, 0.717) is 24.2 Å². The molecule has 112 valence electrons. The average molecular weight is 296 g/mol. The van der Waals surface area contributed by atoms with Crippen LogP contribution in [0.15, 0.2) is 48.5 Å². The smallest absolute Gasteiger partial charge is 0.411 e. The molecule has 1 heterocycles. The van der Waals surface area contributed by atoms with Gasteiger partial charge in [-0.3, -0.25) is 10.1 Å². The number of nitrogens with one attached hydrogen (secondary N) is 2. The first-order valence-electron chi connectivity index (χ1n) is 7.12. The fourth-order valence-electron chi connectivity index (χ4n) is 2.45. The molecule has 2 amide bonds. The van der Waals surface area contributed by atoms with Gasteiger partial charge in [-0.15, -0.1) is 0 Å². The van der Waals surface area contributed by atoms with Gasteiger partial charge in [0.2, 0.25) is 0 Å². The highest BCUT2D eigenvalue weighted by atomic mass is 16.5. The Balaban J connectivity index is 1.67. The number of amides is 2. The summed E-state index contributed by atoms with van der Waals surface area (Å²) in [6, 6.07) is 14.8. The number of carbonyl (C=O) groups is 2. The van der Waals surface area contributed by atoms with Gasteiger partial charge < -0.3 is 10.1 Å². The average Bonchev–Trinajstić information content (AvgIpc) is 2.55. The monoisotopic (exact) mass is 296 g/mol. The van der Waals surface area contributed by atoms with E-state index in [-0.39, 0.29) is 12.5 Å². The summed E-state index contributed by atoms with van der Waals surface area (Å²) in [4.78, 5) is 23.7. The van der Waals surface area contributed by atoms with E-state index in [1.54, 1.807) is 18.2 Å². The maximum Gasteiger partial charge on any atom is 0.411 e. The first-order valence-corrected chi connectivity index (χ1v) is 7.12. The summed E-state index contributed by atoms with van der Waals surface area (Å²) in [7, 11) is 0. The lowest BCUT2D eigenvalue weighted by Gasteiger charge is -2.19. The number of hydrogen-bond acceptors (Lipinski definition) is 3. The van der Waals surface area contributed by atoms with Crippen molar-refractivity contribution in [3.63, 3.8) is 0 Å². The van der Waals surface area contributed by atoms with Crippen molar-refractivity contribution < 1.29 is 14.3 Å². The van der Waals surface area contributed by atoms with E-state index in [4.69, 9.17) is 4.74 Å². The molecule has 0 saturated heterocycles. The number of fused-ring (bicyclic) bond motifs is 1. The minimum absolute atomic E-state index is 0.109. The second-order valence-corrected chi connectivity index (χ2v) is 5.02. The summed E-state index contributed by atoms with van der Waals surface area (Å²) in [5.41, 5.74) is 3.01. The minimum atomic E-state index is -0.525. The van der Waals surface area contributed by atoms with Crippen molar-refractivity contribution in [2.45, 2.75) is 13.0 Å². The summed E-state index contributed by atoms with van der Waals surface area (Å²) in [5, 5.41) is 5.50. The van der Waals surface area contributed by atoms with Crippen molar-refractivity contribution in [3.8, 4) is 0 Å². The van der Waals surface area contributed by atoms with Gasteiger partial charge in [0.25, 0.3) is 5.91 Å². The van der Waals surface area contributed by atoms with E-state index in [1.165, 1.54) is 0 Å². The van der Waals surface area contributed by atoms with Gasteiger partial charge in [0.05, 0.1) is 0 Å². The summed E-state index contributed by atoms with van der Waals surface area (Å²) in [5.74, 6) is -0.109. The van der Waals surface area contributed by atoms with Gasteiger partial charge in [-0.25, -0.2) is 4.79 Å². The predicted molar refractivity (Wildman–Crippen MR) is 82.7 cm³/mol. The highest BCUT2D eigenvalue weighted by molar-refractivity contribution is 5.99. The Morgan fingerprint density at radius 1 is 1.14 bits per heavy atom. The Morgan fingerprint density at radius 2 is 1.95 bits per heavy atom. The summed E-state index contributed by atoms with van der Waals surface area (Å²) in [6.45, 7) is 0.784. The molecule has 5 nitrogen and oxygen atoms in total. The van der Waals surface area contributed by atoms with Gasteiger partial charge in [0.1, 0.15) is 6.61 Å². The van der Waals surface area contributed by atoms with Crippen LogP contribution >= 0.6 is 0 Å². The lowest BCUT2D eigenvalue weighted by molar-refractivity contribution is 0.0946. The Labute approximate surface area is 128 Å². The number of benzene rings is 2. The van der Waals surface area contributed by atoms with Crippen molar-refractivity contribution >= 4 is 17.7 Å². The van der Waals surface area contributed by atoms with Crippen LogP contribution in [0.2, 0.25) is 0 Å². The van der Waals surface area contributed by atoms with Gasteiger partial charge >= 0.3 is 6.09 Å². The van der Waals surface area contributed by atoms with E-state index in [1.807, 2.05) is 30.3 Å². The van der Waals surface area contributed by atoms with Crippen molar-refractivity contribution in [1.82, 2.24) is 5.32 Å². The molecule has 0 aliphatic carbocycles. The lowest BCUT2D eigenvalue weighted by atomic mass is 9.98. The summed E-state index contributed by atoms with van der Waals surface area (Å²) < 4.78 is 5.20. The molecule has 0 radical (unpaired) electrons. The normalized spacial score (nSPS) is 13.0. The number of rotatable bonds is 3. The highest BCUT2D eigenvalue weighted by Gasteiger charge is 2.20. The number of ether oxygens (including phenoxy) is 1. The molecule has 0 bridgehead atoms. The van der Waals surface area contributed by atoms with Crippen LogP contribution in [0.1, 0.15) is 21.5 Å². The minimum Gasteiger partial charge on any atom is -0.444 e. The fraction of sp³-hybridized carbons (Fsp3) is 0.176. The maximum atomic E-state index is 11.9. The molecular weight excluding hydrogens is 280 g/mol. The Hall–Kier alpha value is -2.82. The zero-order valence-corrected chi connectivity index (χ0v) is 12.0. The topological polar surface area (TPSA) is 67.4 Å². The van der Waals surface area contributed by atoms with E-state index >= 15 is 0 Å². The molecule has 1 aliphatic rings. The summed E-state index contributed by atoms with van der Waals surface area (Å²) >= 11 is 0. The molecule has 2 aromatic carbocycles. The Morgan fingerprint density at radius 3 is 2.77 bits per heavy atom. The molecule has 22 heavy (non-hydrogen) atoms. The highest BCUT2D eigenvalue weighted by Crippen LogP contribution is 2.23. The number of hydrogen-bond donors (Lipinski definition) is 2. The zero-order valence-electron chi connectivity index (χ0n) is 12.0. The molecule has 0 fully saturated rings. The first-order chi connectivity index (χ1) is 10.7. The third-order valence-electron chi connectivity index (χ3n) is 3.53. The van der Waals surface area contributed by atoms with Crippen LogP contribution in [0.5, 0.6) is 0 Å². The third-order valence-corrected chi connectivity index (χ3v) is 3.53. The quantitative estimate of drug-likeness (QED) is 0.915. The van der Waals surface area contributed by atoms with Crippen LogP contribution in [-0.2, 0) is 17.8 Å². The van der Waals surface area contributed by atoms with Crippen molar-refractivity contribution in [2.24, 2.45) is 0 Å². The van der Waals surface area contributed by atoms with Gasteiger partial charge in [0, 0.05) is 17.8 Å². The van der Waals surface area contributed by atoms with Crippen molar-refractivity contribution in [3.05, 3.63) is 65.2 Å². The molecule has 0 aromatic heterocycles. The first kappa shape index (κ1) is 14.1. The van der Waals surface area contributed by atoms with Crippen LogP contribution in [0, 0.1) is 0 Å². The molecule has 5 heteroatoms. The van der Waals surface area contributed by atoms with Gasteiger partial charge in [0.15, 0.2) is 0 Å². The standard InChI is InChI=1S/C17H16N2O3/c20-16-14-7-4-8-15(13(14)9-10-18-16)19-17(21)22-11-12-5-2-1-3-6-12/h1-8H,9-11H2,(H,18,20)(H,19,21). The lowest BCUT2D eigenvalue weighted by Crippen LogP contribution is -2.32. The van der Waals surface area contributed by atoms with Gasteiger partial charge in [-0.1, -0.05) is 36.4 Å². The van der Waals surface area contributed by atoms with E-state index in [0.717, 1.165) is 11.1 Å². The van der Waals surface area contributed by atoms with Gasteiger partial charge in [-0.2, -0.15) is 0 Å².